The molecule has 0 fully saturated rings. The number of halogens is 1. The summed E-state index contributed by atoms with van der Waals surface area (Å²) in [5.41, 5.74) is 7.30. The molecule has 1 atom stereocenters. The molecule has 0 saturated heterocycles. The van der Waals surface area contributed by atoms with E-state index in [0.717, 1.165) is 6.42 Å². The van der Waals surface area contributed by atoms with Gasteiger partial charge in [0, 0.05) is 9.49 Å². The third-order valence-electron chi connectivity index (χ3n) is 4.40. The number of benzene rings is 1. The maximum absolute atomic E-state index is 2.43. The van der Waals surface area contributed by atoms with Crippen LogP contribution >= 0.6 is 22.6 Å². The van der Waals surface area contributed by atoms with Gasteiger partial charge in [-0.2, -0.15) is 0 Å². The topological polar surface area (TPSA) is 0 Å². The van der Waals surface area contributed by atoms with Gasteiger partial charge in [0.15, 0.2) is 0 Å². The summed E-state index contributed by atoms with van der Waals surface area (Å²) in [6, 6.07) is 6.92. The first-order chi connectivity index (χ1) is 10.1. The van der Waals surface area contributed by atoms with Gasteiger partial charge in [0.25, 0.3) is 0 Å². The predicted octanol–water partition coefficient (Wildman–Crippen LogP) is 6.40. The molecule has 2 aliphatic rings. The zero-order valence-corrected chi connectivity index (χ0v) is 14.9. The third kappa shape index (κ3) is 3.39. The molecule has 3 rings (SSSR count). The van der Waals surface area contributed by atoms with Crippen LogP contribution in [-0.2, 0) is 0 Å². The van der Waals surface area contributed by atoms with Gasteiger partial charge in [-0.3, -0.25) is 0 Å². The molecule has 1 aromatic rings. The molecular formula is C20H21I. The molecule has 1 heteroatoms. The number of allylic oxidation sites excluding steroid dienone is 8. The van der Waals surface area contributed by atoms with Crippen molar-refractivity contribution in [3.05, 3.63) is 74.4 Å². The molecule has 0 aromatic heterocycles. The number of hydrogen-bond donors (Lipinski definition) is 0. The highest BCUT2D eigenvalue weighted by Crippen LogP contribution is 2.36. The van der Waals surface area contributed by atoms with Gasteiger partial charge in [-0.25, -0.2) is 0 Å². The van der Waals surface area contributed by atoms with Gasteiger partial charge in [0.2, 0.25) is 0 Å². The molecule has 0 bridgehead atoms. The summed E-state index contributed by atoms with van der Waals surface area (Å²) >= 11 is 2.43. The van der Waals surface area contributed by atoms with Crippen molar-refractivity contribution in [1.29, 1.82) is 0 Å². The fourth-order valence-electron chi connectivity index (χ4n) is 3.06. The minimum absolute atomic E-state index is 0.520. The van der Waals surface area contributed by atoms with Crippen molar-refractivity contribution in [2.24, 2.45) is 0 Å². The van der Waals surface area contributed by atoms with Crippen LogP contribution in [0.4, 0.5) is 0 Å². The normalized spacial score (nSPS) is 21.7. The summed E-state index contributed by atoms with van der Waals surface area (Å²) in [6.45, 7) is 4.40. The van der Waals surface area contributed by atoms with Crippen LogP contribution in [0.1, 0.15) is 50.2 Å². The van der Waals surface area contributed by atoms with E-state index in [0.29, 0.717) is 5.92 Å². The van der Waals surface area contributed by atoms with Gasteiger partial charge in [0.05, 0.1) is 0 Å². The lowest BCUT2D eigenvalue weighted by Crippen LogP contribution is -2.04. The van der Waals surface area contributed by atoms with Gasteiger partial charge in [0.1, 0.15) is 0 Å². The Morgan fingerprint density at radius 1 is 1.10 bits per heavy atom. The molecule has 0 amide bonds. The van der Waals surface area contributed by atoms with Crippen LogP contribution in [0.2, 0.25) is 0 Å². The molecule has 0 aliphatic heterocycles. The molecule has 0 nitrogen and oxygen atoms in total. The first-order valence-corrected chi connectivity index (χ1v) is 8.72. The van der Waals surface area contributed by atoms with Crippen LogP contribution in [0.25, 0.3) is 5.57 Å². The van der Waals surface area contributed by atoms with E-state index in [1.54, 1.807) is 0 Å². The minimum Gasteiger partial charge on any atom is -0.0807 e. The predicted molar refractivity (Wildman–Crippen MR) is 100 cm³/mol. The molecule has 1 aromatic carbocycles. The van der Waals surface area contributed by atoms with E-state index in [2.05, 4.69) is 85.0 Å². The van der Waals surface area contributed by atoms with Gasteiger partial charge < -0.3 is 0 Å². The summed E-state index contributed by atoms with van der Waals surface area (Å²) in [6.07, 6.45) is 15.1. The Hall–Kier alpha value is -1.09. The molecule has 1 unspecified atom stereocenters. The molecule has 0 heterocycles. The molecule has 21 heavy (non-hydrogen) atoms. The second-order valence-corrected chi connectivity index (χ2v) is 7.33. The summed E-state index contributed by atoms with van der Waals surface area (Å²) in [7, 11) is 0. The lowest BCUT2D eigenvalue weighted by molar-refractivity contribution is 0.837. The van der Waals surface area contributed by atoms with Crippen LogP contribution in [0.3, 0.4) is 0 Å². The van der Waals surface area contributed by atoms with Crippen LogP contribution in [0, 0.1) is 3.57 Å². The summed E-state index contributed by atoms with van der Waals surface area (Å²) in [4.78, 5) is 0. The van der Waals surface area contributed by atoms with E-state index in [9.17, 15) is 0 Å². The zero-order valence-electron chi connectivity index (χ0n) is 12.7. The molecule has 0 saturated carbocycles. The highest BCUT2D eigenvalue weighted by atomic mass is 127. The van der Waals surface area contributed by atoms with E-state index in [1.807, 2.05) is 0 Å². The Morgan fingerprint density at radius 3 is 2.62 bits per heavy atom. The second kappa shape index (κ2) is 6.35. The van der Waals surface area contributed by atoms with Crippen molar-refractivity contribution in [2.45, 2.75) is 39.0 Å². The highest BCUT2D eigenvalue weighted by molar-refractivity contribution is 14.1. The maximum Gasteiger partial charge on any atom is 0.0133 e. The minimum atomic E-state index is 0.520. The third-order valence-corrected chi connectivity index (χ3v) is 5.07. The molecular weight excluding hydrogens is 367 g/mol. The van der Waals surface area contributed by atoms with Crippen molar-refractivity contribution in [2.75, 3.05) is 0 Å². The monoisotopic (exact) mass is 388 g/mol. The van der Waals surface area contributed by atoms with Gasteiger partial charge >= 0.3 is 0 Å². The average molecular weight is 388 g/mol. The van der Waals surface area contributed by atoms with Crippen molar-refractivity contribution >= 4 is 28.2 Å². The summed E-state index contributed by atoms with van der Waals surface area (Å²) in [5, 5.41) is 0. The smallest absolute Gasteiger partial charge is 0.0133 e. The van der Waals surface area contributed by atoms with E-state index < -0.39 is 0 Å². The molecule has 0 N–H and O–H groups in total. The fraction of sp³-hybridized carbons (Fsp3) is 0.300. The van der Waals surface area contributed by atoms with Crippen molar-refractivity contribution in [3.63, 3.8) is 0 Å². The Bertz CT molecular complexity index is 671. The van der Waals surface area contributed by atoms with Crippen LogP contribution in [0.5, 0.6) is 0 Å². The molecule has 108 valence electrons. The quantitative estimate of drug-likeness (QED) is 0.514. The highest BCUT2D eigenvalue weighted by Gasteiger charge is 2.17. The van der Waals surface area contributed by atoms with Crippen LogP contribution < -0.4 is 0 Å². The van der Waals surface area contributed by atoms with Gasteiger partial charge in [-0.1, -0.05) is 47.6 Å². The largest absolute Gasteiger partial charge is 0.0807 e. The zero-order chi connectivity index (χ0) is 14.8. The van der Waals surface area contributed by atoms with E-state index in [-0.39, 0.29) is 0 Å². The molecule has 2 aliphatic carbocycles. The van der Waals surface area contributed by atoms with E-state index in [4.69, 9.17) is 0 Å². The lowest BCUT2D eigenvalue weighted by atomic mass is 9.83. The lowest BCUT2D eigenvalue weighted by Gasteiger charge is -2.22. The molecule has 0 radical (unpaired) electrons. The summed E-state index contributed by atoms with van der Waals surface area (Å²) in [5.74, 6) is 0.520. The fourth-order valence-corrected chi connectivity index (χ4v) is 3.57. The first kappa shape index (κ1) is 14.8. The maximum atomic E-state index is 2.43. The van der Waals surface area contributed by atoms with Crippen LogP contribution in [0.15, 0.2) is 59.7 Å². The van der Waals surface area contributed by atoms with Crippen LogP contribution in [-0.4, -0.2) is 0 Å². The Kier molecular flexibility index (Phi) is 4.48. The molecule has 0 spiro atoms. The number of rotatable bonds is 2. The van der Waals surface area contributed by atoms with Gasteiger partial charge in [-0.15, -0.1) is 0 Å². The number of hydrogen-bond acceptors (Lipinski definition) is 0. The van der Waals surface area contributed by atoms with E-state index in [1.165, 1.54) is 44.3 Å². The van der Waals surface area contributed by atoms with Gasteiger partial charge in [-0.05, 0) is 84.5 Å². The first-order valence-electron chi connectivity index (χ1n) is 7.64. The summed E-state index contributed by atoms with van der Waals surface area (Å²) < 4.78 is 1.33. The Labute approximate surface area is 141 Å². The SMILES string of the molecule is CC1=CCC(c2cc(I)ccc2C2=CC=C(C)CC2)C=C1. The van der Waals surface area contributed by atoms with Crippen molar-refractivity contribution < 1.29 is 0 Å². The van der Waals surface area contributed by atoms with Crippen molar-refractivity contribution in [3.8, 4) is 0 Å². The Morgan fingerprint density at radius 2 is 1.95 bits per heavy atom. The second-order valence-electron chi connectivity index (χ2n) is 6.09. The van der Waals surface area contributed by atoms with E-state index >= 15 is 0 Å². The van der Waals surface area contributed by atoms with Crippen molar-refractivity contribution in [1.82, 2.24) is 0 Å². The standard InChI is InChI=1S/C20H21I/c1-14-3-7-16(8-4-14)19-12-11-18(21)13-20(19)17-9-5-15(2)6-10-17/h3,5-7,9,11-13,17H,4,8,10H2,1-2H3. The average Bonchev–Trinajstić information content (AvgIpc) is 2.49. The Balaban J connectivity index is 2.00.